The molecule has 3 heterocycles. The molecule has 4 rings (SSSR count). The summed E-state index contributed by atoms with van der Waals surface area (Å²) in [7, 11) is 1.20. The Bertz CT molecular complexity index is 1540. The second-order valence-corrected chi connectivity index (χ2v) is 11.8. The lowest BCUT2D eigenvalue weighted by Crippen LogP contribution is -2.70. The molecular weight excluding hydrogens is 698 g/mol. The van der Waals surface area contributed by atoms with Crippen LogP contribution in [0.2, 0.25) is 0 Å². The second-order valence-electron chi connectivity index (χ2n) is 11.8. The number of carbonyl (C=O) groups is 8. The van der Waals surface area contributed by atoms with Gasteiger partial charge in [0.25, 0.3) is 11.8 Å². The molecule has 10 atom stereocenters. The summed E-state index contributed by atoms with van der Waals surface area (Å²) in [6, 6.07) is 4.03. The molecule has 1 aromatic rings. The Morgan fingerprint density at radius 1 is 0.577 bits per heavy atom. The Morgan fingerprint density at radius 2 is 0.981 bits per heavy atom. The van der Waals surface area contributed by atoms with Crippen molar-refractivity contribution in [3.05, 3.63) is 35.4 Å². The van der Waals surface area contributed by atoms with Gasteiger partial charge in [-0.25, -0.2) is 0 Å². The average Bonchev–Trinajstić information content (AvgIpc) is 3.30. The summed E-state index contributed by atoms with van der Waals surface area (Å²) >= 11 is 0. The van der Waals surface area contributed by atoms with Gasteiger partial charge in [0, 0.05) is 48.7 Å². The van der Waals surface area contributed by atoms with E-state index in [1.165, 1.54) is 31.4 Å². The summed E-state index contributed by atoms with van der Waals surface area (Å²) in [6.45, 7) is 5.24. The highest BCUT2D eigenvalue weighted by molar-refractivity contribution is 6.21. The lowest BCUT2D eigenvalue weighted by molar-refractivity contribution is -0.350. The lowest BCUT2D eigenvalue weighted by atomic mass is 9.93. The minimum absolute atomic E-state index is 0.0264. The molecule has 1 aromatic carbocycles. The second kappa shape index (κ2) is 17.0. The SMILES string of the molecule is CO[C@@H]1O[C@H](COC(C)=O)[C@H](OC(C)=O)[C@H](O[C@@H]2O[C@H](COC(C)=O)[C@H](OC(C)=O)[C@H](OC(C)=O)[C@H]2N2C(=O)c3ccccc3C2=O)[C@H]1OC(C)=O. The van der Waals surface area contributed by atoms with Crippen LogP contribution in [0.1, 0.15) is 62.3 Å². The Hall–Kier alpha value is -4.98. The third kappa shape index (κ3) is 9.08. The maximum absolute atomic E-state index is 14.0. The van der Waals surface area contributed by atoms with Crippen LogP contribution in [0.4, 0.5) is 0 Å². The van der Waals surface area contributed by atoms with E-state index in [0.717, 1.165) is 41.5 Å². The molecule has 3 aliphatic rings. The van der Waals surface area contributed by atoms with E-state index in [4.69, 9.17) is 47.4 Å². The van der Waals surface area contributed by atoms with Crippen LogP contribution in [0.3, 0.4) is 0 Å². The first kappa shape index (κ1) is 39.8. The summed E-state index contributed by atoms with van der Waals surface area (Å²) < 4.78 is 56.6. The molecule has 284 valence electrons. The van der Waals surface area contributed by atoms with Gasteiger partial charge in [-0.15, -0.1) is 0 Å². The van der Waals surface area contributed by atoms with E-state index in [9.17, 15) is 38.4 Å². The number of hydrogen-bond donors (Lipinski definition) is 0. The highest BCUT2D eigenvalue weighted by Gasteiger charge is 2.60. The fraction of sp³-hybridized carbons (Fsp3) is 0.576. The van der Waals surface area contributed by atoms with E-state index in [1.807, 2.05) is 0 Å². The summed E-state index contributed by atoms with van der Waals surface area (Å²) in [6.07, 6.45) is -14.3. The number of ether oxygens (including phenoxy) is 10. The standard InChI is InChI=1S/C33H39NO18/c1-14(35)44-12-22-25(46-16(3)37)27(48-18(5)39)24(34-30(41)20-10-8-9-11-21(20)31(34)42)32(50-22)52-28-26(47-17(4)38)23(13-45-15(2)36)51-33(43-7)29(28)49-19(6)40/h8-11,22-29,32-33H,12-13H2,1-7H3/t22-,23-,24-,25+,26+,27-,28+,29-,32+,33-/m1/s1. The fourth-order valence-corrected chi connectivity index (χ4v) is 6.11. The summed E-state index contributed by atoms with van der Waals surface area (Å²) in [5.41, 5.74) is -0.0529. The number of carbonyl (C=O) groups excluding carboxylic acids is 8. The maximum Gasteiger partial charge on any atom is 0.303 e. The minimum Gasteiger partial charge on any atom is -0.463 e. The molecule has 0 N–H and O–H groups in total. The fourth-order valence-electron chi connectivity index (χ4n) is 6.11. The van der Waals surface area contributed by atoms with Crippen LogP contribution in [0.15, 0.2) is 24.3 Å². The molecule has 2 saturated heterocycles. The van der Waals surface area contributed by atoms with Crippen molar-refractivity contribution in [1.82, 2.24) is 4.90 Å². The van der Waals surface area contributed by atoms with Crippen molar-refractivity contribution in [2.45, 2.75) is 103 Å². The molecule has 0 unspecified atom stereocenters. The molecule has 0 spiro atoms. The number of rotatable bonds is 12. The van der Waals surface area contributed by atoms with Crippen molar-refractivity contribution in [1.29, 1.82) is 0 Å². The molecular formula is C33H39NO18. The normalized spacial score (nSPS) is 29.7. The number of imide groups is 1. The van der Waals surface area contributed by atoms with Gasteiger partial charge in [-0.3, -0.25) is 43.3 Å². The first-order chi connectivity index (χ1) is 24.5. The molecule has 52 heavy (non-hydrogen) atoms. The van der Waals surface area contributed by atoms with Gasteiger partial charge in [0.05, 0.1) is 11.1 Å². The summed E-state index contributed by atoms with van der Waals surface area (Å²) in [4.78, 5) is 102. The quantitative estimate of drug-likeness (QED) is 0.156. The van der Waals surface area contributed by atoms with Gasteiger partial charge in [0.2, 0.25) is 0 Å². The van der Waals surface area contributed by atoms with E-state index in [0.29, 0.717) is 4.90 Å². The Morgan fingerprint density at radius 3 is 1.40 bits per heavy atom. The average molecular weight is 738 g/mol. The Labute approximate surface area is 296 Å². The molecule has 2 amide bonds. The molecule has 0 aromatic heterocycles. The molecule has 2 fully saturated rings. The lowest BCUT2D eigenvalue weighted by Gasteiger charge is -2.50. The van der Waals surface area contributed by atoms with Gasteiger partial charge in [-0.2, -0.15) is 0 Å². The smallest absolute Gasteiger partial charge is 0.303 e. The first-order valence-corrected chi connectivity index (χ1v) is 16.0. The first-order valence-electron chi connectivity index (χ1n) is 16.0. The van der Waals surface area contributed by atoms with Crippen LogP contribution in [-0.4, -0.2) is 134 Å². The van der Waals surface area contributed by atoms with Crippen molar-refractivity contribution in [3.63, 3.8) is 0 Å². The van der Waals surface area contributed by atoms with E-state index in [1.54, 1.807) is 0 Å². The van der Waals surface area contributed by atoms with Crippen LogP contribution >= 0.6 is 0 Å². The third-order valence-electron chi connectivity index (χ3n) is 7.96. The Balaban J connectivity index is 1.93. The predicted octanol–water partition coefficient (Wildman–Crippen LogP) is -0.0144. The highest BCUT2D eigenvalue weighted by atomic mass is 16.8. The summed E-state index contributed by atoms with van der Waals surface area (Å²) in [5.74, 6) is -6.85. The largest absolute Gasteiger partial charge is 0.463 e. The number of hydrogen-bond acceptors (Lipinski definition) is 18. The van der Waals surface area contributed by atoms with Crippen molar-refractivity contribution < 1.29 is 85.7 Å². The number of benzene rings is 1. The molecule has 3 aliphatic heterocycles. The van der Waals surface area contributed by atoms with Crippen molar-refractivity contribution in [2.24, 2.45) is 0 Å². The number of esters is 6. The zero-order valence-electron chi connectivity index (χ0n) is 29.3. The van der Waals surface area contributed by atoms with E-state index < -0.39 is 122 Å². The van der Waals surface area contributed by atoms with Gasteiger partial charge in [0.1, 0.15) is 37.6 Å². The summed E-state index contributed by atoms with van der Waals surface area (Å²) in [5, 5.41) is 0. The van der Waals surface area contributed by atoms with Crippen molar-refractivity contribution in [3.8, 4) is 0 Å². The molecule has 0 bridgehead atoms. The van der Waals surface area contributed by atoms with Crippen LogP contribution in [0.5, 0.6) is 0 Å². The molecule has 0 saturated carbocycles. The van der Waals surface area contributed by atoms with Crippen LogP contribution in [-0.2, 0) is 76.1 Å². The monoisotopic (exact) mass is 737 g/mol. The van der Waals surface area contributed by atoms with Gasteiger partial charge < -0.3 is 47.4 Å². The number of amides is 2. The van der Waals surface area contributed by atoms with E-state index in [2.05, 4.69) is 0 Å². The van der Waals surface area contributed by atoms with Crippen LogP contribution < -0.4 is 0 Å². The van der Waals surface area contributed by atoms with Gasteiger partial charge >= 0.3 is 35.8 Å². The topological polar surface area (TPSA) is 232 Å². The highest BCUT2D eigenvalue weighted by Crippen LogP contribution is 2.38. The number of fused-ring (bicyclic) bond motifs is 1. The minimum atomic E-state index is -1.91. The van der Waals surface area contributed by atoms with Crippen molar-refractivity contribution >= 4 is 47.6 Å². The van der Waals surface area contributed by atoms with Gasteiger partial charge in [0.15, 0.2) is 37.0 Å². The predicted molar refractivity (Wildman–Crippen MR) is 165 cm³/mol. The third-order valence-corrected chi connectivity index (χ3v) is 7.96. The maximum atomic E-state index is 14.0. The van der Waals surface area contributed by atoms with Crippen LogP contribution in [0, 0.1) is 0 Å². The number of nitrogens with zero attached hydrogens (tertiary/aromatic N) is 1. The number of methoxy groups -OCH3 is 1. The van der Waals surface area contributed by atoms with E-state index >= 15 is 0 Å². The zero-order chi connectivity index (χ0) is 38.4. The molecule has 0 radical (unpaired) electrons. The zero-order valence-corrected chi connectivity index (χ0v) is 29.3. The van der Waals surface area contributed by atoms with Gasteiger partial charge in [-0.1, -0.05) is 12.1 Å². The van der Waals surface area contributed by atoms with Crippen LogP contribution in [0.25, 0.3) is 0 Å². The molecule has 19 nitrogen and oxygen atoms in total. The van der Waals surface area contributed by atoms with Crippen molar-refractivity contribution in [2.75, 3.05) is 20.3 Å². The molecule has 0 aliphatic carbocycles. The Kier molecular flexibility index (Phi) is 13.0. The van der Waals surface area contributed by atoms with Gasteiger partial charge in [-0.05, 0) is 12.1 Å². The van der Waals surface area contributed by atoms with E-state index in [-0.39, 0.29) is 11.1 Å². The molecule has 19 heteroatoms.